The van der Waals surface area contributed by atoms with Gasteiger partial charge in [-0.25, -0.2) is 4.79 Å². The van der Waals surface area contributed by atoms with Crippen LogP contribution in [0.25, 0.3) is 0 Å². The molecule has 0 radical (unpaired) electrons. The first kappa shape index (κ1) is 12.6. The number of aliphatic carboxylic acids is 1. The first-order valence-electron chi connectivity index (χ1n) is 6.51. The van der Waals surface area contributed by atoms with Gasteiger partial charge in [0.05, 0.1) is 5.60 Å². The lowest BCUT2D eigenvalue weighted by atomic mass is 9.50. The van der Waals surface area contributed by atoms with Gasteiger partial charge in [-0.2, -0.15) is 0 Å². The molecule has 0 aliphatic heterocycles. The van der Waals surface area contributed by atoms with E-state index in [0.29, 0.717) is 11.8 Å². The van der Waals surface area contributed by atoms with Crippen molar-refractivity contribution >= 4 is 5.97 Å². The van der Waals surface area contributed by atoms with Gasteiger partial charge in [0, 0.05) is 6.08 Å². The highest BCUT2D eigenvalue weighted by Crippen LogP contribution is 2.57. The average Bonchev–Trinajstić information content (AvgIpc) is 2.26. The standard InChI is InChI=1S/C11H18O.C3H4O2/c1-11(12)9-3-7-2-8(5-9)6-10(11)4-7;1-2-3(4)5/h7-10,12H,2-6H2,1H3;2H,1H2,(H,4,5). The van der Waals surface area contributed by atoms with Gasteiger partial charge >= 0.3 is 5.97 Å². The van der Waals surface area contributed by atoms with E-state index in [1.807, 2.05) is 0 Å². The Bertz CT molecular complexity index is 289. The maximum Gasteiger partial charge on any atom is 0.327 e. The minimum atomic E-state index is -0.981. The fraction of sp³-hybridized carbons (Fsp3) is 0.786. The van der Waals surface area contributed by atoms with Crippen molar-refractivity contribution < 1.29 is 15.0 Å². The molecule has 2 N–H and O–H groups in total. The van der Waals surface area contributed by atoms with Crippen LogP contribution in [0.1, 0.15) is 39.0 Å². The summed E-state index contributed by atoms with van der Waals surface area (Å²) in [6, 6.07) is 0. The zero-order valence-corrected chi connectivity index (χ0v) is 10.4. The van der Waals surface area contributed by atoms with Crippen molar-refractivity contribution in [2.24, 2.45) is 23.7 Å². The monoisotopic (exact) mass is 238 g/mol. The summed E-state index contributed by atoms with van der Waals surface area (Å²) in [4.78, 5) is 9.25. The third-order valence-electron chi connectivity index (χ3n) is 4.97. The maximum atomic E-state index is 10.3. The van der Waals surface area contributed by atoms with Crippen LogP contribution < -0.4 is 0 Å². The molecule has 4 fully saturated rings. The summed E-state index contributed by atoms with van der Waals surface area (Å²) >= 11 is 0. The van der Waals surface area contributed by atoms with Gasteiger partial charge < -0.3 is 10.2 Å². The second-order valence-electron chi connectivity index (χ2n) is 6.07. The van der Waals surface area contributed by atoms with E-state index in [1.165, 1.54) is 32.1 Å². The maximum absolute atomic E-state index is 10.3. The molecule has 4 rings (SSSR count). The largest absolute Gasteiger partial charge is 0.478 e. The van der Waals surface area contributed by atoms with Gasteiger partial charge in [0.15, 0.2) is 0 Å². The van der Waals surface area contributed by atoms with E-state index < -0.39 is 5.97 Å². The first-order valence-corrected chi connectivity index (χ1v) is 6.51. The van der Waals surface area contributed by atoms with E-state index in [2.05, 4.69) is 13.5 Å². The Morgan fingerprint density at radius 1 is 1.18 bits per heavy atom. The lowest BCUT2D eigenvalue weighted by Crippen LogP contribution is -2.55. The van der Waals surface area contributed by atoms with Gasteiger partial charge in [-0.1, -0.05) is 6.58 Å². The van der Waals surface area contributed by atoms with Crippen molar-refractivity contribution in [3.63, 3.8) is 0 Å². The Balaban J connectivity index is 0.000000188. The molecule has 3 heteroatoms. The Labute approximate surface area is 103 Å². The van der Waals surface area contributed by atoms with Crippen molar-refractivity contribution in [1.29, 1.82) is 0 Å². The Morgan fingerprint density at radius 2 is 1.53 bits per heavy atom. The molecular formula is C14H22O3. The molecule has 0 aromatic carbocycles. The average molecular weight is 238 g/mol. The second-order valence-corrected chi connectivity index (χ2v) is 6.07. The van der Waals surface area contributed by atoms with Crippen LogP contribution >= 0.6 is 0 Å². The minimum Gasteiger partial charge on any atom is -0.478 e. The second kappa shape index (κ2) is 4.45. The smallest absolute Gasteiger partial charge is 0.327 e. The number of carboxylic acids is 1. The van der Waals surface area contributed by atoms with E-state index in [4.69, 9.17) is 5.11 Å². The molecule has 0 aromatic heterocycles. The molecule has 4 aliphatic carbocycles. The molecule has 4 bridgehead atoms. The van der Waals surface area contributed by atoms with Crippen molar-refractivity contribution in [3.05, 3.63) is 12.7 Å². The first-order chi connectivity index (χ1) is 7.93. The van der Waals surface area contributed by atoms with Crippen LogP contribution in [-0.2, 0) is 4.79 Å². The predicted octanol–water partition coefficient (Wildman–Crippen LogP) is 2.45. The number of carboxylic acid groups (broad SMARTS) is 1. The minimum absolute atomic E-state index is 0.298. The third kappa shape index (κ3) is 2.39. The summed E-state index contributed by atoms with van der Waals surface area (Å²) in [5, 5.41) is 17.9. The molecule has 0 amide bonds. The Kier molecular flexibility index (Phi) is 3.30. The van der Waals surface area contributed by atoms with Crippen molar-refractivity contribution in [3.8, 4) is 0 Å². The highest BCUT2D eigenvalue weighted by atomic mass is 16.4. The van der Waals surface area contributed by atoms with E-state index in [0.717, 1.165) is 17.9 Å². The molecule has 3 nitrogen and oxygen atoms in total. The summed E-state index contributed by atoms with van der Waals surface area (Å²) in [6.45, 7) is 5.04. The lowest BCUT2D eigenvalue weighted by molar-refractivity contribution is -0.161. The van der Waals surface area contributed by atoms with E-state index in [1.54, 1.807) is 0 Å². The van der Waals surface area contributed by atoms with Gasteiger partial charge in [0.1, 0.15) is 0 Å². The molecule has 17 heavy (non-hydrogen) atoms. The topological polar surface area (TPSA) is 57.5 Å². The van der Waals surface area contributed by atoms with Crippen LogP contribution in [0.2, 0.25) is 0 Å². The number of aliphatic hydroxyl groups is 1. The zero-order chi connectivity index (χ0) is 12.6. The Morgan fingerprint density at radius 3 is 1.82 bits per heavy atom. The quantitative estimate of drug-likeness (QED) is 0.690. The van der Waals surface area contributed by atoms with Crippen LogP contribution in [0.4, 0.5) is 0 Å². The SMILES string of the molecule is C=CC(=O)O.CC1(O)C2CC3CC(C2)CC1C3. The van der Waals surface area contributed by atoms with E-state index >= 15 is 0 Å². The predicted molar refractivity (Wildman–Crippen MR) is 65.5 cm³/mol. The third-order valence-corrected chi connectivity index (χ3v) is 4.97. The highest BCUT2D eigenvalue weighted by molar-refractivity contribution is 5.78. The molecule has 0 saturated heterocycles. The molecule has 0 atom stereocenters. The summed E-state index contributed by atoms with van der Waals surface area (Å²) in [7, 11) is 0. The summed E-state index contributed by atoms with van der Waals surface area (Å²) in [5.74, 6) is 2.27. The fourth-order valence-electron chi connectivity index (χ4n) is 4.14. The van der Waals surface area contributed by atoms with E-state index in [-0.39, 0.29) is 5.60 Å². The number of rotatable bonds is 1. The number of carbonyl (C=O) groups is 1. The van der Waals surface area contributed by atoms with Gasteiger partial charge in [0.2, 0.25) is 0 Å². The van der Waals surface area contributed by atoms with Crippen LogP contribution in [-0.4, -0.2) is 21.8 Å². The summed E-state index contributed by atoms with van der Waals surface area (Å²) in [6.07, 6.45) is 7.59. The van der Waals surface area contributed by atoms with Gasteiger partial charge in [-0.05, 0) is 62.7 Å². The van der Waals surface area contributed by atoms with Gasteiger partial charge in [-0.15, -0.1) is 0 Å². The van der Waals surface area contributed by atoms with Gasteiger partial charge in [0.25, 0.3) is 0 Å². The molecule has 96 valence electrons. The highest BCUT2D eigenvalue weighted by Gasteiger charge is 2.53. The molecule has 0 heterocycles. The molecule has 0 unspecified atom stereocenters. The molecule has 0 spiro atoms. The van der Waals surface area contributed by atoms with Crippen LogP contribution in [0, 0.1) is 23.7 Å². The Hall–Kier alpha value is -0.830. The van der Waals surface area contributed by atoms with Crippen LogP contribution in [0.15, 0.2) is 12.7 Å². The fourth-order valence-corrected chi connectivity index (χ4v) is 4.14. The van der Waals surface area contributed by atoms with E-state index in [9.17, 15) is 9.90 Å². The normalized spacial score (nSPS) is 46.0. The molecule has 0 aromatic rings. The molecule has 4 saturated carbocycles. The van der Waals surface area contributed by atoms with Crippen molar-refractivity contribution in [2.75, 3.05) is 0 Å². The number of hydrogen-bond donors (Lipinski definition) is 2. The van der Waals surface area contributed by atoms with Crippen molar-refractivity contribution in [1.82, 2.24) is 0 Å². The lowest BCUT2D eigenvalue weighted by Gasteiger charge is -2.57. The van der Waals surface area contributed by atoms with Crippen LogP contribution in [0.5, 0.6) is 0 Å². The number of hydrogen-bond acceptors (Lipinski definition) is 2. The van der Waals surface area contributed by atoms with Crippen LogP contribution in [0.3, 0.4) is 0 Å². The molecular weight excluding hydrogens is 216 g/mol. The van der Waals surface area contributed by atoms with Gasteiger partial charge in [-0.3, -0.25) is 0 Å². The molecule has 4 aliphatic rings. The van der Waals surface area contributed by atoms with Crippen molar-refractivity contribution in [2.45, 2.75) is 44.6 Å². The summed E-state index contributed by atoms with van der Waals surface area (Å²) < 4.78 is 0. The summed E-state index contributed by atoms with van der Waals surface area (Å²) in [5.41, 5.74) is -0.298. The zero-order valence-electron chi connectivity index (χ0n) is 10.4.